The fourth-order valence-electron chi connectivity index (χ4n) is 3.37. The first-order valence-electron chi connectivity index (χ1n) is 9.54. The Hall–Kier alpha value is -2.24. The van der Waals surface area contributed by atoms with Crippen molar-refractivity contribution in [3.63, 3.8) is 0 Å². The lowest BCUT2D eigenvalue weighted by molar-refractivity contribution is -0.117. The fourth-order valence-corrected chi connectivity index (χ4v) is 3.54. The van der Waals surface area contributed by atoms with Gasteiger partial charge in [0.2, 0.25) is 5.91 Å². The van der Waals surface area contributed by atoms with Gasteiger partial charge in [-0.3, -0.25) is 9.69 Å². The molecule has 1 amide bonds. The summed E-state index contributed by atoms with van der Waals surface area (Å²) in [5, 5.41) is 3.45. The van der Waals surface area contributed by atoms with Gasteiger partial charge in [0.15, 0.2) is 0 Å². The van der Waals surface area contributed by atoms with Crippen LogP contribution in [0.25, 0.3) is 0 Å². The molecule has 0 spiro atoms. The lowest BCUT2D eigenvalue weighted by Gasteiger charge is -2.32. The van der Waals surface area contributed by atoms with Crippen LogP contribution in [0.15, 0.2) is 36.4 Å². The average Bonchev–Trinajstić information content (AvgIpc) is 2.66. The number of rotatable bonds is 6. The largest absolute Gasteiger partial charge is 0.495 e. The van der Waals surface area contributed by atoms with Crippen LogP contribution in [0, 0.1) is 13.8 Å². The first kappa shape index (κ1) is 20.5. The number of hydrogen-bond acceptors (Lipinski definition) is 4. The summed E-state index contributed by atoms with van der Waals surface area (Å²) in [6.07, 6.45) is 2.00. The maximum atomic E-state index is 12.4. The summed E-state index contributed by atoms with van der Waals surface area (Å²) in [6.45, 7) is 6.14. The fraction of sp³-hybridized carbons (Fsp3) is 0.409. The number of benzene rings is 2. The normalized spacial score (nSPS) is 15.3. The first-order chi connectivity index (χ1) is 13.4. The van der Waals surface area contributed by atoms with Crippen LogP contribution < -0.4 is 14.8 Å². The summed E-state index contributed by atoms with van der Waals surface area (Å²) in [5.41, 5.74) is 2.95. The number of nitrogens with one attached hydrogen (secondary N) is 1. The highest BCUT2D eigenvalue weighted by Gasteiger charge is 2.23. The van der Waals surface area contributed by atoms with Crippen LogP contribution >= 0.6 is 11.6 Å². The van der Waals surface area contributed by atoms with E-state index in [1.165, 1.54) is 5.56 Å². The van der Waals surface area contributed by atoms with Gasteiger partial charge in [-0.1, -0.05) is 23.7 Å². The van der Waals surface area contributed by atoms with Crippen LogP contribution in [0.1, 0.15) is 24.0 Å². The number of carbonyl (C=O) groups excluding carboxylic acids is 1. The van der Waals surface area contributed by atoms with Crippen LogP contribution in [0.3, 0.4) is 0 Å². The van der Waals surface area contributed by atoms with Gasteiger partial charge in [0.05, 0.1) is 19.3 Å². The second-order valence-corrected chi connectivity index (χ2v) is 7.69. The van der Waals surface area contributed by atoms with E-state index in [1.807, 2.05) is 0 Å². The van der Waals surface area contributed by atoms with Crippen LogP contribution in [-0.2, 0) is 4.79 Å². The van der Waals surface area contributed by atoms with Gasteiger partial charge >= 0.3 is 0 Å². The Morgan fingerprint density at radius 1 is 1.14 bits per heavy atom. The molecule has 2 aromatic rings. The van der Waals surface area contributed by atoms with E-state index in [4.69, 9.17) is 21.1 Å². The van der Waals surface area contributed by atoms with Crippen LogP contribution in [0.4, 0.5) is 5.69 Å². The van der Waals surface area contributed by atoms with Crippen molar-refractivity contribution in [2.75, 3.05) is 32.1 Å². The van der Waals surface area contributed by atoms with Crippen LogP contribution in [0.2, 0.25) is 5.02 Å². The molecular formula is C22H27ClN2O3. The highest BCUT2D eigenvalue weighted by Crippen LogP contribution is 2.28. The summed E-state index contributed by atoms with van der Waals surface area (Å²) in [4.78, 5) is 14.6. The summed E-state index contributed by atoms with van der Waals surface area (Å²) < 4.78 is 11.5. The molecule has 0 bridgehead atoms. The molecule has 1 aliphatic heterocycles. The lowest BCUT2D eigenvalue weighted by atomic mass is 10.1. The Morgan fingerprint density at radius 3 is 2.61 bits per heavy atom. The zero-order valence-corrected chi connectivity index (χ0v) is 17.4. The van der Waals surface area contributed by atoms with E-state index < -0.39 is 0 Å². The molecule has 0 atom stereocenters. The lowest BCUT2D eigenvalue weighted by Crippen LogP contribution is -2.42. The number of piperidine rings is 1. The topological polar surface area (TPSA) is 50.8 Å². The molecule has 150 valence electrons. The molecule has 0 radical (unpaired) electrons. The number of halogens is 1. The van der Waals surface area contributed by atoms with E-state index in [2.05, 4.69) is 42.3 Å². The Balaban J connectivity index is 1.49. The summed E-state index contributed by atoms with van der Waals surface area (Å²) in [6, 6.07) is 11.5. The van der Waals surface area contributed by atoms with E-state index >= 15 is 0 Å². The number of likely N-dealkylation sites (tertiary alicyclic amines) is 1. The predicted octanol–water partition coefficient (Wildman–Crippen LogP) is 4.45. The number of amides is 1. The number of carbonyl (C=O) groups is 1. The third kappa shape index (κ3) is 5.40. The molecular weight excluding hydrogens is 376 g/mol. The monoisotopic (exact) mass is 402 g/mol. The molecule has 28 heavy (non-hydrogen) atoms. The third-order valence-corrected chi connectivity index (χ3v) is 5.21. The molecule has 1 heterocycles. The molecule has 3 rings (SSSR count). The molecule has 1 saturated heterocycles. The molecule has 1 fully saturated rings. The number of methoxy groups -OCH3 is 1. The molecule has 5 nitrogen and oxygen atoms in total. The summed E-state index contributed by atoms with van der Waals surface area (Å²) in [7, 11) is 1.57. The Kier molecular flexibility index (Phi) is 6.81. The molecule has 0 aliphatic carbocycles. The van der Waals surface area contributed by atoms with Gasteiger partial charge in [0, 0.05) is 18.1 Å². The van der Waals surface area contributed by atoms with Crippen molar-refractivity contribution in [1.82, 2.24) is 4.90 Å². The van der Waals surface area contributed by atoms with Crippen molar-refractivity contribution >= 4 is 23.2 Å². The summed E-state index contributed by atoms with van der Waals surface area (Å²) in [5.74, 6) is 1.48. The van der Waals surface area contributed by atoms with Crippen molar-refractivity contribution in [3.8, 4) is 11.5 Å². The van der Waals surface area contributed by atoms with Crippen LogP contribution in [-0.4, -0.2) is 43.7 Å². The first-order valence-corrected chi connectivity index (χ1v) is 9.92. The van der Waals surface area contributed by atoms with Crippen molar-refractivity contribution in [2.45, 2.75) is 32.8 Å². The second kappa shape index (κ2) is 9.30. The minimum absolute atomic E-state index is 0.0746. The zero-order chi connectivity index (χ0) is 20.1. The quantitative estimate of drug-likeness (QED) is 0.775. The van der Waals surface area contributed by atoms with Crippen molar-refractivity contribution in [1.29, 1.82) is 0 Å². The zero-order valence-electron chi connectivity index (χ0n) is 16.6. The number of hydrogen-bond donors (Lipinski definition) is 1. The van der Waals surface area contributed by atoms with E-state index in [-0.39, 0.29) is 12.0 Å². The Labute approximate surface area is 171 Å². The smallest absolute Gasteiger partial charge is 0.238 e. The number of nitrogens with zero attached hydrogens (tertiary/aromatic N) is 1. The maximum Gasteiger partial charge on any atom is 0.238 e. The van der Waals surface area contributed by atoms with Crippen LogP contribution in [0.5, 0.6) is 11.5 Å². The van der Waals surface area contributed by atoms with Crippen molar-refractivity contribution in [3.05, 3.63) is 52.5 Å². The molecule has 0 saturated carbocycles. The maximum absolute atomic E-state index is 12.4. The van der Waals surface area contributed by atoms with E-state index in [9.17, 15) is 4.79 Å². The Bertz CT molecular complexity index is 833. The molecule has 2 aromatic carbocycles. The van der Waals surface area contributed by atoms with E-state index in [0.717, 1.165) is 37.2 Å². The Morgan fingerprint density at radius 2 is 1.89 bits per heavy atom. The highest BCUT2D eigenvalue weighted by atomic mass is 35.5. The van der Waals surface area contributed by atoms with Crippen molar-refractivity contribution < 1.29 is 14.3 Å². The molecule has 0 aromatic heterocycles. The minimum Gasteiger partial charge on any atom is -0.495 e. The molecule has 1 N–H and O–H groups in total. The summed E-state index contributed by atoms with van der Waals surface area (Å²) >= 11 is 6.02. The number of anilines is 1. The molecule has 1 aliphatic rings. The minimum atomic E-state index is -0.0746. The number of aryl methyl sites for hydroxylation is 2. The van der Waals surface area contributed by atoms with E-state index in [0.29, 0.717) is 23.0 Å². The third-order valence-electron chi connectivity index (χ3n) is 4.97. The van der Waals surface area contributed by atoms with Gasteiger partial charge in [-0.15, -0.1) is 0 Å². The van der Waals surface area contributed by atoms with Gasteiger partial charge in [-0.2, -0.15) is 0 Å². The second-order valence-electron chi connectivity index (χ2n) is 7.26. The standard InChI is InChI=1S/C22H27ClN2O3/c1-15-4-5-16(2)21(12-15)28-18-8-10-25(11-9-18)14-22(26)24-19-13-17(23)6-7-20(19)27-3/h4-7,12-13,18H,8-11,14H2,1-3H3,(H,24,26). The van der Waals surface area contributed by atoms with E-state index in [1.54, 1.807) is 25.3 Å². The average molecular weight is 403 g/mol. The molecule has 6 heteroatoms. The number of ether oxygens (including phenoxy) is 2. The highest BCUT2D eigenvalue weighted by molar-refractivity contribution is 6.31. The van der Waals surface area contributed by atoms with Gasteiger partial charge in [-0.05, 0) is 62.1 Å². The van der Waals surface area contributed by atoms with Gasteiger partial charge in [-0.25, -0.2) is 0 Å². The van der Waals surface area contributed by atoms with Crippen molar-refractivity contribution in [2.24, 2.45) is 0 Å². The van der Waals surface area contributed by atoms with Gasteiger partial charge in [0.1, 0.15) is 17.6 Å². The predicted molar refractivity (Wildman–Crippen MR) is 113 cm³/mol. The molecule has 0 unspecified atom stereocenters. The SMILES string of the molecule is COc1ccc(Cl)cc1NC(=O)CN1CCC(Oc2cc(C)ccc2C)CC1. The van der Waals surface area contributed by atoms with Gasteiger partial charge in [0.25, 0.3) is 0 Å². The van der Waals surface area contributed by atoms with Gasteiger partial charge < -0.3 is 14.8 Å².